The van der Waals surface area contributed by atoms with Crippen molar-refractivity contribution in [1.82, 2.24) is 14.8 Å². The first kappa shape index (κ1) is 19.6. The van der Waals surface area contributed by atoms with Crippen LogP contribution in [0.5, 0.6) is 0 Å². The third-order valence-electron chi connectivity index (χ3n) is 6.32. The second-order valence-electron chi connectivity index (χ2n) is 8.36. The highest BCUT2D eigenvalue weighted by Crippen LogP contribution is 2.32. The van der Waals surface area contributed by atoms with Crippen molar-refractivity contribution >= 4 is 11.8 Å². The number of aromatic nitrogens is 1. The van der Waals surface area contributed by atoms with Gasteiger partial charge in [0.05, 0.1) is 0 Å². The predicted octanol–water partition coefficient (Wildman–Crippen LogP) is 3.36. The first-order valence-electron chi connectivity index (χ1n) is 10.6. The summed E-state index contributed by atoms with van der Waals surface area (Å²) in [6.45, 7) is 4.21. The SMILES string of the molecule is Cc1ccc(CCC(=O)N2CC[C@H]3[C@H](CCC(=O)N3Cc3cccnc3)C2)cc1. The fraction of sp³-hybridized carbons (Fsp3) is 0.458. The van der Waals surface area contributed by atoms with Crippen LogP contribution < -0.4 is 0 Å². The molecule has 5 heteroatoms. The van der Waals surface area contributed by atoms with E-state index in [1.807, 2.05) is 28.1 Å². The molecule has 2 aliphatic heterocycles. The molecule has 0 saturated carbocycles. The minimum Gasteiger partial charge on any atom is -0.342 e. The monoisotopic (exact) mass is 391 g/mol. The Morgan fingerprint density at radius 1 is 1.14 bits per heavy atom. The maximum absolute atomic E-state index is 12.8. The molecule has 2 aromatic rings. The van der Waals surface area contributed by atoms with Crippen molar-refractivity contribution in [3.05, 3.63) is 65.5 Å². The summed E-state index contributed by atoms with van der Waals surface area (Å²) in [5, 5.41) is 0. The molecule has 152 valence electrons. The van der Waals surface area contributed by atoms with Gasteiger partial charge in [0, 0.05) is 50.9 Å². The third-order valence-corrected chi connectivity index (χ3v) is 6.32. The van der Waals surface area contributed by atoms with Crippen molar-refractivity contribution in [3.63, 3.8) is 0 Å². The van der Waals surface area contributed by atoms with Gasteiger partial charge in [-0.3, -0.25) is 14.6 Å². The number of carbonyl (C=O) groups excluding carboxylic acids is 2. The average molecular weight is 392 g/mol. The highest BCUT2D eigenvalue weighted by atomic mass is 16.2. The summed E-state index contributed by atoms with van der Waals surface area (Å²) in [5.74, 6) is 0.843. The number of benzene rings is 1. The molecule has 29 heavy (non-hydrogen) atoms. The van der Waals surface area contributed by atoms with Crippen LogP contribution in [0.25, 0.3) is 0 Å². The lowest BCUT2D eigenvalue weighted by molar-refractivity contribution is -0.145. The average Bonchev–Trinajstić information content (AvgIpc) is 2.75. The number of piperidine rings is 2. The fourth-order valence-corrected chi connectivity index (χ4v) is 4.64. The summed E-state index contributed by atoms with van der Waals surface area (Å²) in [5.41, 5.74) is 3.52. The van der Waals surface area contributed by atoms with Crippen LogP contribution in [0.2, 0.25) is 0 Å². The molecular weight excluding hydrogens is 362 g/mol. The zero-order valence-electron chi connectivity index (χ0n) is 17.1. The van der Waals surface area contributed by atoms with E-state index in [1.165, 1.54) is 11.1 Å². The van der Waals surface area contributed by atoms with E-state index in [1.54, 1.807) is 6.20 Å². The first-order chi connectivity index (χ1) is 14.1. The Labute approximate surface area is 172 Å². The minimum atomic E-state index is 0.231. The Morgan fingerprint density at radius 3 is 2.72 bits per heavy atom. The molecular formula is C24H29N3O2. The second-order valence-corrected chi connectivity index (χ2v) is 8.36. The van der Waals surface area contributed by atoms with E-state index in [2.05, 4.69) is 36.2 Å². The van der Waals surface area contributed by atoms with E-state index in [9.17, 15) is 9.59 Å². The van der Waals surface area contributed by atoms with Crippen molar-refractivity contribution in [2.24, 2.45) is 5.92 Å². The number of nitrogens with zero attached hydrogens (tertiary/aromatic N) is 3. The molecule has 0 spiro atoms. The quantitative estimate of drug-likeness (QED) is 0.785. The maximum Gasteiger partial charge on any atom is 0.223 e. The van der Waals surface area contributed by atoms with Gasteiger partial charge in [-0.15, -0.1) is 0 Å². The van der Waals surface area contributed by atoms with E-state index < -0.39 is 0 Å². The van der Waals surface area contributed by atoms with Gasteiger partial charge in [0.1, 0.15) is 0 Å². The van der Waals surface area contributed by atoms with E-state index >= 15 is 0 Å². The molecule has 1 aromatic carbocycles. The summed E-state index contributed by atoms with van der Waals surface area (Å²) in [6, 6.07) is 12.6. The van der Waals surface area contributed by atoms with E-state index in [0.29, 0.717) is 25.3 Å². The number of amides is 2. The van der Waals surface area contributed by atoms with Gasteiger partial charge in [0.2, 0.25) is 11.8 Å². The normalized spacial score (nSPS) is 21.8. The van der Waals surface area contributed by atoms with E-state index in [4.69, 9.17) is 0 Å². The number of rotatable bonds is 5. The van der Waals surface area contributed by atoms with Crippen LogP contribution in [-0.4, -0.2) is 45.7 Å². The summed E-state index contributed by atoms with van der Waals surface area (Å²) >= 11 is 0. The number of hydrogen-bond donors (Lipinski definition) is 0. The van der Waals surface area contributed by atoms with E-state index in [0.717, 1.165) is 37.9 Å². The van der Waals surface area contributed by atoms with Crippen LogP contribution in [0.4, 0.5) is 0 Å². The first-order valence-corrected chi connectivity index (χ1v) is 10.6. The minimum absolute atomic E-state index is 0.231. The lowest BCUT2D eigenvalue weighted by atomic mass is 9.83. The molecule has 0 unspecified atom stereocenters. The smallest absolute Gasteiger partial charge is 0.223 e. The highest BCUT2D eigenvalue weighted by molar-refractivity contribution is 5.78. The van der Waals surface area contributed by atoms with Crippen molar-refractivity contribution in [2.45, 2.75) is 51.6 Å². The summed E-state index contributed by atoms with van der Waals surface area (Å²) in [7, 11) is 0. The largest absolute Gasteiger partial charge is 0.342 e. The molecule has 0 radical (unpaired) electrons. The Kier molecular flexibility index (Phi) is 5.93. The van der Waals surface area contributed by atoms with Crippen LogP contribution in [0.3, 0.4) is 0 Å². The number of carbonyl (C=O) groups is 2. The number of aryl methyl sites for hydroxylation is 2. The number of pyridine rings is 1. The van der Waals surface area contributed by atoms with E-state index in [-0.39, 0.29) is 17.9 Å². The van der Waals surface area contributed by atoms with Gasteiger partial charge in [-0.05, 0) is 49.3 Å². The lowest BCUT2D eigenvalue weighted by Gasteiger charge is -2.47. The molecule has 2 aliphatic rings. The molecule has 2 saturated heterocycles. The molecule has 3 heterocycles. The van der Waals surface area contributed by atoms with Crippen LogP contribution in [0.1, 0.15) is 42.4 Å². The molecule has 0 aliphatic carbocycles. The van der Waals surface area contributed by atoms with Crippen molar-refractivity contribution in [3.8, 4) is 0 Å². The van der Waals surface area contributed by atoms with Gasteiger partial charge in [0.25, 0.3) is 0 Å². The van der Waals surface area contributed by atoms with Gasteiger partial charge >= 0.3 is 0 Å². The molecule has 4 rings (SSSR count). The van der Waals surface area contributed by atoms with Gasteiger partial charge in [-0.2, -0.15) is 0 Å². The summed E-state index contributed by atoms with van der Waals surface area (Å²) in [4.78, 5) is 33.6. The number of fused-ring (bicyclic) bond motifs is 1. The molecule has 2 atom stereocenters. The summed E-state index contributed by atoms with van der Waals surface area (Å²) in [6.07, 6.45) is 7.26. The number of likely N-dealkylation sites (tertiary alicyclic amines) is 2. The Balaban J connectivity index is 1.35. The standard InChI is InChI=1S/C24H29N3O2/c1-18-4-6-19(7-5-18)8-10-23(28)26-14-12-22-21(17-26)9-11-24(29)27(22)16-20-3-2-13-25-15-20/h2-7,13,15,21-22H,8-12,14,16-17H2,1H3/t21-,22+/m1/s1. The maximum atomic E-state index is 12.8. The van der Waals surface area contributed by atoms with Crippen molar-refractivity contribution in [1.29, 1.82) is 0 Å². The Morgan fingerprint density at radius 2 is 1.97 bits per heavy atom. The lowest BCUT2D eigenvalue weighted by Crippen LogP contribution is -2.56. The second kappa shape index (κ2) is 8.76. The Hall–Kier alpha value is -2.69. The molecule has 0 N–H and O–H groups in total. The van der Waals surface area contributed by atoms with Gasteiger partial charge in [0.15, 0.2) is 0 Å². The zero-order valence-corrected chi connectivity index (χ0v) is 17.1. The summed E-state index contributed by atoms with van der Waals surface area (Å²) < 4.78 is 0. The number of hydrogen-bond acceptors (Lipinski definition) is 3. The molecule has 5 nitrogen and oxygen atoms in total. The third kappa shape index (κ3) is 4.66. The van der Waals surface area contributed by atoms with Crippen LogP contribution in [-0.2, 0) is 22.6 Å². The van der Waals surface area contributed by atoms with Crippen LogP contribution in [0.15, 0.2) is 48.8 Å². The predicted molar refractivity (Wildman–Crippen MR) is 112 cm³/mol. The molecule has 1 aromatic heterocycles. The van der Waals surface area contributed by atoms with Crippen molar-refractivity contribution < 1.29 is 9.59 Å². The zero-order chi connectivity index (χ0) is 20.2. The molecule has 2 amide bonds. The Bertz CT molecular complexity index is 850. The van der Waals surface area contributed by atoms with Crippen LogP contribution in [0, 0.1) is 12.8 Å². The molecule has 2 fully saturated rings. The van der Waals surface area contributed by atoms with Gasteiger partial charge < -0.3 is 9.80 Å². The van der Waals surface area contributed by atoms with Crippen molar-refractivity contribution in [2.75, 3.05) is 13.1 Å². The van der Waals surface area contributed by atoms with Gasteiger partial charge in [-0.1, -0.05) is 35.9 Å². The fourth-order valence-electron chi connectivity index (χ4n) is 4.64. The highest BCUT2D eigenvalue weighted by Gasteiger charge is 2.40. The van der Waals surface area contributed by atoms with Crippen LogP contribution >= 0.6 is 0 Å². The van der Waals surface area contributed by atoms with Gasteiger partial charge in [-0.25, -0.2) is 0 Å². The molecule has 0 bridgehead atoms. The topological polar surface area (TPSA) is 53.5 Å².